The van der Waals surface area contributed by atoms with Crippen molar-refractivity contribution in [2.24, 2.45) is 5.92 Å². The maximum Gasteiger partial charge on any atom is 0.253 e. The van der Waals surface area contributed by atoms with Gasteiger partial charge in [-0.3, -0.25) is 14.4 Å². The highest BCUT2D eigenvalue weighted by Gasteiger charge is 2.50. The molecule has 0 unspecified atom stereocenters. The van der Waals surface area contributed by atoms with Gasteiger partial charge in [0.2, 0.25) is 5.91 Å². The van der Waals surface area contributed by atoms with Crippen LogP contribution >= 0.6 is 0 Å². The Kier molecular flexibility index (Phi) is 8.43. The zero-order chi connectivity index (χ0) is 23.8. The number of phenols is 1. The average Bonchev–Trinajstić information content (AvgIpc) is 3.60. The molecule has 1 aliphatic heterocycles. The molecule has 33 heavy (non-hydrogen) atoms. The summed E-state index contributed by atoms with van der Waals surface area (Å²) in [4.78, 5) is 37.6. The Morgan fingerprint density at radius 2 is 1.58 bits per heavy atom. The quantitative estimate of drug-likeness (QED) is 0.386. The Morgan fingerprint density at radius 1 is 0.909 bits per heavy atom. The predicted molar refractivity (Wildman–Crippen MR) is 123 cm³/mol. The lowest BCUT2D eigenvalue weighted by atomic mass is 10.0. The molecule has 0 aliphatic carbocycles. The molecular weight excluding hydrogens is 422 g/mol. The third-order valence-electron chi connectivity index (χ3n) is 5.31. The van der Waals surface area contributed by atoms with Crippen LogP contribution in [0.15, 0.2) is 54.6 Å². The number of epoxide rings is 1. The predicted octanol–water partition coefficient (Wildman–Crippen LogP) is 1.67. The zero-order valence-electron chi connectivity index (χ0n) is 18.9. The van der Waals surface area contributed by atoms with Crippen LogP contribution in [0.1, 0.15) is 31.4 Å². The van der Waals surface area contributed by atoms with Crippen LogP contribution in [0, 0.1) is 5.92 Å². The summed E-state index contributed by atoms with van der Waals surface area (Å²) in [6, 6.07) is 15.6. The smallest absolute Gasteiger partial charge is 0.253 e. The number of nitrogens with one attached hydrogen (secondary N) is 3. The van der Waals surface area contributed by atoms with Crippen molar-refractivity contribution >= 4 is 17.7 Å². The third-order valence-corrected chi connectivity index (χ3v) is 5.31. The molecular formula is C25H31N3O5. The molecule has 1 heterocycles. The number of rotatable bonds is 11. The van der Waals surface area contributed by atoms with Gasteiger partial charge in [0, 0.05) is 13.1 Å². The molecule has 2 aromatic rings. The van der Waals surface area contributed by atoms with Gasteiger partial charge in [-0.2, -0.15) is 0 Å². The van der Waals surface area contributed by atoms with E-state index < -0.39 is 24.2 Å². The van der Waals surface area contributed by atoms with Crippen LogP contribution in [0.2, 0.25) is 0 Å². The molecule has 0 radical (unpaired) electrons. The van der Waals surface area contributed by atoms with Gasteiger partial charge in [-0.15, -0.1) is 0 Å². The van der Waals surface area contributed by atoms with Crippen molar-refractivity contribution in [1.29, 1.82) is 0 Å². The van der Waals surface area contributed by atoms with Gasteiger partial charge in [0.15, 0.2) is 12.2 Å². The molecule has 3 rings (SSSR count). The number of aromatic hydroxyl groups is 1. The number of carbonyl (C=O) groups is 3. The van der Waals surface area contributed by atoms with Crippen molar-refractivity contribution < 1.29 is 24.2 Å². The highest BCUT2D eigenvalue weighted by Crippen LogP contribution is 2.23. The topological polar surface area (TPSA) is 120 Å². The first-order valence-electron chi connectivity index (χ1n) is 11.2. The molecule has 176 valence electrons. The van der Waals surface area contributed by atoms with E-state index >= 15 is 0 Å². The molecule has 8 heteroatoms. The molecule has 1 saturated heterocycles. The molecule has 3 atom stereocenters. The van der Waals surface area contributed by atoms with Crippen molar-refractivity contribution in [3.63, 3.8) is 0 Å². The number of ether oxygens (including phenoxy) is 1. The number of phenolic OH excluding ortho intramolecular Hbond substituents is 1. The minimum Gasteiger partial charge on any atom is -0.508 e. The van der Waals surface area contributed by atoms with Crippen LogP contribution in [0.25, 0.3) is 0 Å². The van der Waals surface area contributed by atoms with Crippen LogP contribution in [0.5, 0.6) is 5.75 Å². The molecule has 2 aromatic carbocycles. The van der Waals surface area contributed by atoms with Gasteiger partial charge < -0.3 is 25.8 Å². The molecule has 1 aliphatic rings. The minimum atomic E-state index is -0.893. The molecule has 1 fully saturated rings. The number of carbonyl (C=O) groups excluding carboxylic acids is 3. The summed E-state index contributed by atoms with van der Waals surface area (Å²) in [5.74, 6) is -0.710. The SMILES string of the molecule is CC(C)C[C@H](NC(=O)[C@H]1O[C@@H]1C(=O)NCCc1ccc(O)cc1)C(=O)NCc1ccccc1. The fourth-order valence-corrected chi connectivity index (χ4v) is 3.47. The summed E-state index contributed by atoms with van der Waals surface area (Å²) >= 11 is 0. The third kappa shape index (κ3) is 7.61. The van der Waals surface area contributed by atoms with E-state index in [-0.39, 0.29) is 23.5 Å². The van der Waals surface area contributed by atoms with E-state index in [1.807, 2.05) is 44.2 Å². The van der Waals surface area contributed by atoms with Gasteiger partial charge >= 0.3 is 0 Å². The second-order valence-corrected chi connectivity index (χ2v) is 8.58. The van der Waals surface area contributed by atoms with Gasteiger partial charge in [0.25, 0.3) is 11.8 Å². The molecule has 0 saturated carbocycles. The van der Waals surface area contributed by atoms with Crippen molar-refractivity contribution in [2.45, 2.75) is 51.5 Å². The van der Waals surface area contributed by atoms with Crippen molar-refractivity contribution in [3.05, 3.63) is 65.7 Å². The Bertz CT molecular complexity index is 946. The molecule has 3 amide bonds. The van der Waals surface area contributed by atoms with E-state index in [4.69, 9.17) is 4.74 Å². The first kappa shape index (κ1) is 24.3. The minimum absolute atomic E-state index is 0.188. The summed E-state index contributed by atoms with van der Waals surface area (Å²) in [6.07, 6.45) is -0.678. The van der Waals surface area contributed by atoms with Crippen LogP contribution in [-0.2, 0) is 32.1 Å². The van der Waals surface area contributed by atoms with Gasteiger partial charge in [-0.05, 0) is 42.0 Å². The molecule has 8 nitrogen and oxygen atoms in total. The summed E-state index contributed by atoms with van der Waals surface area (Å²) < 4.78 is 5.29. The fourth-order valence-electron chi connectivity index (χ4n) is 3.47. The lowest BCUT2D eigenvalue weighted by Gasteiger charge is -2.20. The highest BCUT2D eigenvalue weighted by molar-refractivity contribution is 5.97. The first-order chi connectivity index (χ1) is 15.8. The van der Waals surface area contributed by atoms with E-state index in [1.54, 1.807) is 24.3 Å². The number of hydrogen-bond acceptors (Lipinski definition) is 5. The van der Waals surface area contributed by atoms with Crippen LogP contribution in [0.4, 0.5) is 0 Å². The average molecular weight is 454 g/mol. The summed E-state index contributed by atoms with van der Waals surface area (Å²) in [6.45, 7) is 4.70. The van der Waals surface area contributed by atoms with Gasteiger partial charge in [-0.1, -0.05) is 56.3 Å². The number of amides is 3. The lowest BCUT2D eigenvalue weighted by molar-refractivity contribution is -0.130. The van der Waals surface area contributed by atoms with Gasteiger partial charge in [-0.25, -0.2) is 0 Å². The van der Waals surface area contributed by atoms with E-state index in [0.717, 1.165) is 11.1 Å². The summed E-state index contributed by atoms with van der Waals surface area (Å²) in [5.41, 5.74) is 1.94. The molecule has 4 N–H and O–H groups in total. The second-order valence-electron chi connectivity index (χ2n) is 8.58. The van der Waals surface area contributed by atoms with E-state index in [9.17, 15) is 19.5 Å². The zero-order valence-corrected chi connectivity index (χ0v) is 18.9. The Morgan fingerprint density at radius 3 is 2.24 bits per heavy atom. The van der Waals surface area contributed by atoms with Gasteiger partial charge in [0.1, 0.15) is 11.8 Å². The van der Waals surface area contributed by atoms with E-state index in [2.05, 4.69) is 16.0 Å². The Labute approximate surface area is 193 Å². The number of benzene rings is 2. The van der Waals surface area contributed by atoms with E-state index in [0.29, 0.717) is 25.9 Å². The molecule has 0 aromatic heterocycles. The first-order valence-corrected chi connectivity index (χ1v) is 11.2. The largest absolute Gasteiger partial charge is 0.508 e. The van der Waals surface area contributed by atoms with Gasteiger partial charge in [0.05, 0.1) is 0 Å². The molecule has 0 spiro atoms. The van der Waals surface area contributed by atoms with E-state index in [1.165, 1.54) is 0 Å². The fraction of sp³-hybridized carbons (Fsp3) is 0.400. The van der Waals surface area contributed by atoms with Crippen LogP contribution in [-0.4, -0.2) is 47.6 Å². The van der Waals surface area contributed by atoms with Crippen LogP contribution in [0.3, 0.4) is 0 Å². The monoisotopic (exact) mass is 453 g/mol. The Balaban J connectivity index is 1.44. The second kappa shape index (κ2) is 11.5. The number of hydrogen-bond donors (Lipinski definition) is 4. The van der Waals surface area contributed by atoms with Crippen LogP contribution < -0.4 is 16.0 Å². The maximum absolute atomic E-state index is 12.7. The van der Waals surface area contributed by atoms with Crippen molar-refractivity contribution in [1.82, 2.24) is 16.0 Å². The highest BCUT2D eigenvalue weighted by atomic mass is 16.6. The molecule has 0 bridgehead atoms. The normalized spacial score (nSPS) is 17.8. The Hall–Kier alpha value is -3.39. The summed E-state index contributed by atoms with van der Waals surface area (Å²) in [7, 11) is 0. The maximum atomic E-state index is 12.7. The van der Waals surface area contributed by atoms with Crippen molar-refractivity contribution in [2.75, 3.05) is 6.54 Å². The summed E-state index contributed by atoms with van der Waals surface area (Å²) in [5, 5.41) is 17.7. The van der Waals surface area contributed by atoms with Crippen molar-refractivity contribution in [3.8, 4) is 5.75 Å². The standard InChI is InChI=1S/C25H31N3O5/c1-16(2)14-20(23(30)27-15-18-6-4-3-5-7-18)28-25(32)22-21(33-22)24(31)26-13-12-17-8-10-19(29)11-9-17/h3-11,16,20-22,29H,12-15H2,1-2H3,(H,26,31)(H,27,30)(H,28,32)/t20-,21-,22-/m0/s1. The lowest BCUT2D eigenvalue weighted by Crippen LogP contribution is -2.49.